The maximum absolute atomic E-state index is 11.4. The fourth-order valence-electron chi connectivity index (χ4n) is 1.14. The van der Waals surface area contributed by atoms with Crippen molar-refractivity contribution < 1.29 is 17.9 Å². The van der Waals surface area contributed by atoms with Crippen LogP contribution in [0.4, 0.5) is 0 Å². The van der Waals surface area contributed by atoms with Crippen molar-refractivity contribution in [1.29, 1.82) is 0 Å². The van der Waals surface area contributed by atoms with Gasteiger partial charge in [0.1, 0.15) is 5.75 Å². The lowest BCUT2D eigenvalue weighted by molar-refractivity contribution is 0.0997. The SMILES string of the molecule is COc1ccc(C(N)=O)c(S(C)(=O)=O)c1. The van der Waals surface area contributed by atoms with E-state index >= 15 is 0 Å². The smallest absolute Gasteiger partial charge is 0.250 e. The maximum Gasteiger partial charge on any atom is 0.250 e. The molecule has 0 aliphatic carbocycles. The van der Waals surface area contributed by atoms with E-state index in [9.17, 15) is 13.2 Å². The van der Waals surface area contributed by atoms with Crippen molar-refractivity contribution in [2.24, 2.45) is 5.73 Å². The molecule has 0 spiro atoms. The zero-order valence-electron chi connectivity index (χ0n) is 8.35. The van der Waals surface area contributed by atoms with E-state index in [-0.39, 0.29) is 10.5 Å². The van der Waals surface area contributed by atoms with Crippen molar-refractivity contribution in [2.45, 2.75) is 4.90 Å². The number of rotatable bonds is 3. The molecule has 0 atom stereocenters. The molecule has 1 aromatic carbocycles. The van der Waals surface area contributed by atoms with Gasteiger partial charge in [0, 0.05) is 6.26 Å². The number of hydrogen-bond acceptors (Lipinski definition) is 4. The van der Waals surface area contributed by atoms with Gasteiger partial charge in [-0.15, -0.1) is 0 Å². The topological polar surface area (TPSA) is 86.5 Å². The van der Waals surface area contributed by atoms with Gasteiger partial charge in [0.2, 0.25) is 5.91 Å². The summed E-state index contributed by atoms with van der Waals surface area (Å²) >= 11 is 0. The summed E-state index contributed by atoms with van der Waals surface area (Å²) in [6, 6.07) is 4.09. The van der Waals surface area contributed by atoms with Crippen LogP contribution in [-0.4, -0.2) is 27.7 Å². The van der Waals surface area contributed by atoms with Gasteiger partial charge in [-0.1, -0.05) is 0 Å². The molecule has 0 fully saturated rings. The second-order valence-electron chi connectivity index (χ2n) is 3.00. The monoisotopic (exact) mass is 229 g/mol. The number of benzene rings is 1. The van der Waals surface area contributed by atoms with E-state index in [4.69, 9.17) is 10.5 Å². The van der Waals surface area contributed by atoms with Gasteiger partial charge < -0.3 is 10.5 Å². The third-order valence-corrected chi connectivity index (χ3v) is 2.99. The van der Waals surface area contributed by atoms with Gasteiger partial charge in [0.25, 0.3) is 0 Å². The van der Waals surface area contributed by atoms with Crippen molar-refractivity contribution in [3.05, 3.63) is 23.8 Å². The van der Waals surface area contributed by atoms with Gasteiger partial charge in [0.05, 0.1) is 17.6 Å². The highest BCUT2D eigenvalue weighted by Crippen LogP contribution is 2.21. The molecule has 0 aliphatic rings. The van der Waals surface area contributed by atoms with Crippen molar-refractivity contribution in [3.8, 4) is 5.75 Å². The fraction of sp³-hybridized carbons (Fsp3) is 0.222. The van der Waals surface area contributed by atoms with Crippen molar-refractivity contribution in [1.82, 2.24) is 0 Å². The van der Waals surface area contributed by atoms with Crippen LogP contribution in [0.25, 0.3) is 0 Å². The lowest BCUT2D eigenvalue weighted by Gasteiger charge is -2.06. The Kier molecular flexibility index (Phi) is 2.99. The Labute approximate surface area is 87.8 Å². The lowest BCUT2D eigenvalue weighted by atomic mass is 10.2. The first-order chi connectivity index (χ1) is 6.86. The second kappa shape index (κ2) is 3.90. The Morgan fingerprint density at radius 1 is 1.40 bits per heavy atom. The maximum atomic E-state index is 11.4. The number of carbonyl (C=O) groups excluding carboxylic acids is 1. The molecule has 0 bridgehead atoms. The van der Waals surface area contributed by atoms with E-state index in [1.54, 1.807) is 0 Å². The van der Waals surface area contributed by atoms with Crippen molar-refractivity contribution >= 4 is 15.7 Å². The Bertz CT molecular complexity index is 493. The van der Waals surface area contributed by atoms with Crippen molar-refractivity contribution in [2.75, 3.05) is 13.4 Å². The molecule has 2 N–H and O–H groups in total. The molecule has 1 aromatic rings. The van der Waals surface area contributed by atoms with Crippen LogP contribution in [-0.2, 0) is 9.84 Å². The number of hydrogen-bond donors (Lipinski definition) is 1. The van der Waals surface area contributed by atoms with Crippen LogP contribution in [0.3, 0.4) is 0 Å². The number of primary amides is 1. The molecule has 0 saturated carbocycles. The molecule has 15 heavy (non-hydrogen) atoms. The number of sulfone groups is 1. The second-order valence-corrected chi connectivity index (χ2v) is 4.98. The molecule has 0 unspecified atom stereocenters. The van der Waals surface area contributed by atoms with E-state index in [2.05, 4.69) is 0 Å². The van der Waals surface area contributed by atoms with E-state index in [0.717, 1.165) is 6.26 Å². The van der Waals surface area contributed by atoms with Crippen LogP contribution in [0.15, 0.2) is 23.1 Å². The minimum atomic E-state index is -3.49. The first-order valence-corrected chi connectivity index (χ1v) is 5.93. The molecule has 0 aliphatic heterocycles. The van der Waals surface area contributed by atoms with E-state index < -0.39 is 15.7 Å². The van der Waals surface area contributed by atoms with Gasteiger partial charge in [-0.05, 0) is 18.2 Å². The molecule has 0 heterocycles. The molecular formula is C9H11NO4S. The number of carbonyl (C=O) groups is 1. The summed E-state index contributed by atoms with van der Waals surface area (Å²) in [5, 5.41) is 0. The normalized spacial score (nSPS) is 11.1. The molecular weight excluding hydrogens is 218 g/mol. The number of nitrogens with two attached hydrogens (primary N) is 1. The molecule has 6 heteroatoms. The summed E-state index contributed by atoms with van der Waals surface area (Å²) in [4.78, 5) is 10.9. The van der Waals surface area contributed by atoms with E-state index in [1.807, 2.05) is 0 Å². The van der Waals surface area contributed by atoms with E-state index in [0.29, 0.717) is 5.75 Å². The highest BCUT2D eigenvalue weighted by Gasteiger charge is 2.17. The van der Waals surface area contributed by atoms with E-state index in [1.165, 1.54) is 25.3 Å². The highest BCUT2D eigenvalue weighted by atomic mass is 32.2. The summed E-state index contributed by atoms with van der Waals surface area (Å²) in [6.07, 6.45) is 1.01. The lowest BCUT2D eigenvalue weighted by Crippen LogP contribution is -2.15. The zero-order valence-corrected chi connectivity index (χ0v) is 9.17. The Morgan fingerprint density at radius 2 is 2.00 bits per heavy atom. The number of amides is 1. The van der Waals surface area contributed by atoms with Gasteiger partial charge in [-0.2, -0.15) is 0 Å². The summed E-state index contributed by atoms with van der Waals surface area (Å²) in [7, 11) is -2.08. The predicted octanol–water partition coefficient (Wildman–Crippen LogP) is 0.198. The molecule has 5 nitrogen and oxygen atoms in total. The fourth-order valence-corrected chi connectivity index (χ4v) is 2.04. The predicted molar refractivity (Wildman–Crippen MR) is 54.6 cm³/mol. The van der Waals surface area contributed by atoms with Gasteiger partial charge in [-0.3, -0.25) is 4.79 Å². The zero-order chi connectivity index (χ0) is 11.6. The summed E-state index contributed by atoms with van der Waals surface area (Å²) < 4.78 is 27.6. The van der Waals surface area contributed by atoms with Crippen LogP contribution in [0.2, 0.25) is 0 Å². The Hall–Kier alpha value is -1.56. The standard InChI is InChI=1S/C9H11NO4S/c1-14-6-3-4-7(9(10)11)8(5-6)15(2,12)13/h3-5H,1-2H3,(H2,10,11). The van der Waals surface area contributed by atoms with Gasteiger partial charge >= 0.3 is 0 Å². The quantitative estimate of drug-likeness (QED) is 0.802. The summed E-state index contributed by atoms with van der Waals surface area (Å²) in [5.74, 6) is -0.418. The van der Waals surface area contributed by atoms with Crippen LogP contribution in [0, 0.1) is 0 Å². The molecule has 0 aromatic heterocycles. The minimum absolute atomic E-state index is 0.0294. The van der Waals surface area contributed by atoms with Gasteiger partial charge in [-0.25, -0.2) is 8.42 Å². The molecule has 82 valence electrons. The highest BCUT2D eigenvalue weighted by molar-refractivity contribution is 7.90. The molecule has 1 rings (SSSR count). The Balaban J connectivity index is 3.50. The number of ether oxygens (including phenoxy) is 1. The number of methoxy groups -OCH3 is 1. The third kappa shape index (κ3) is 2.47. The summed E-state index contributed by atoms with van der Waals surface area (Å²) in [5.41, 5.74) is 5.03. The third-order valence-electron chi connectivity index (χ3n) is 1.85. The van der Waals surface area contributed by atoms with Crippen LogP contribution < -0.4 is 10.5 Å². The molecule has 1 amide bonds. The van der Waals surface area contributed by atoms with Gasteiger partial charge in [0.15, 0.2) is 9.84 Å². The molecule has 0 radical (unpaired) electrons. The Morgan fingerprint density at radius 3 is 2.40 bits per heavy atom. The van der Waals surface area contributed by atoms with Crippen LogP contribution in [0.5, 0.6) is 5.75 Å². The average Bonchev–Trinajstić information content (AvgIpc) is 2.15. The average molecular weight is 229 g/mol. The first-order valence-electron chi connectivity index (χ1n) is 4.04. The van der Waals surface area contributed by atoms with Crippen LogP contribution >= 0.6 is 0 Å². The summed E-state index contributed by atoms with van der Waals surface area (Å²) in [6.45, 7) is 0. The van der Waals surface area contributed by atoms with Crippen molar-refractivity contribution in [3.63, 3.8) is 0 Å². The minimum Gasteiger partial charge on any atom is -0.497 e. The first kappa shape index (κ1) is 11.5. The molecule has 0 saturated heterocycles. The largest absolute Gasteiger partial charge is 0.497 e. The van der Waals surface area contributed by atoms with Crippen LogP contribution in [0.1, 0.15) is 10.4 Å².